The normalized spacial score (nSPS) is 23.8. The Morgan fingerprint density at radius 1 is 1.00 bits per heavy atom. The lowest BCUT2D eigenvalue weighted by atomic mass is 9.77. The number of benzene rings is 1. The second-order valence-electron chi connectivity index (χ2n) is 6.80. The van der Waals surface area contributed by atoms with Crippen LogP contribution in [0.3, 0.4) is 0 Å². The maximum absolute atomic E-state index is 3.69. The molecule has 0 bridgehead atoms. The van der Waals surface area contributed by atoms with Crippen molar-refractivity contribution in [2.45, 2.75) is 57.7 Å². The van der Waals surface area contributed by atoms with Crippen LogP contribution in [0.25, 0.3) is 0 Å². The predicted octanol–water partition coefficient (Wildman–Crippen LogP) is 3.75. The number of para-hydroxylation sites is 1. The minimum absolute atomic E-state index is 0.244. The third-order valence-electron chi connectivity index (χ3n) is 4.45. The van der Waals surface area contributed by atoms with Gasteiger partial charge < -0.3 is 5.32 Å². The molecule has 1 saturated heterocycles. The number of nitrogens with zero attached hydrogens (tertiary/aromatic N) is 1. The molecule has 0 amide bonds. The zero-order chi connectivity index (χ0) is 13.4. The number of rotatable bonds is 2. The van der Waals surface area contributed by atoms with Crippen molar-refractivity contribution in [3.63, 3.8) is 0 Å². The van der Waals surface area contributed by atoms with Crippen LogP contribution >= 0.6 is 0 Å². The Kier molecular flexibility index (Phi) is 3.41. The first-order valence-corrected chi connectivity index (χ1v) is 6.87. The second-order valence-corrected chi connectivity index (χ2v) is 6.80. The maximum Gasteiger partial charge on any atom is 0.0342 e. The van der Waals surface area contributed by atoms with Crippen LogP contribution in [0, 0.1) is 0 Å². The van der Waals surface area contributed by atoms with Gasteiger partial charge in [0.15, 0.2) is 0 Å². The van der Waals surface area contributed by atoms with Crippen LogP contribution in [0.1, 0.15) is 40.5 Å². The number of likely N-dealkylation sites (tertiary alicyclic amines) is 1. The topological polar surface area (TPSA) is 15.3 Å². The Balaban J connectivity index is 2.12. The average Bonchev–Trinajstić information content (AvgIpc) is 2.26. The van der Waals surface area contributed by atoms with Gasteiger partial charge in [0.25, 0.3) is 0 Å². The summed E-state index contributed by atoms with van der Waals surface area (Å²) in [6.07, 6.45) is 2.36. The molecule has 0 unspecified atom stereocenters. The Labute approximate surface area is 111 Å². The first-order valence-electron chi connectivity index (χ1n) is 6.87. The number of hydrogen-bond acceptors (Lipinski definition) is 2. The van der Waals surface area contributed by atoms with Gasteiger partial charge in [-0.25, -0.2) is 0 Å². The number of anilines is 1. The van der Waals surface area contributed by atoms with Crippen molar-refractivity contribution in [2.75, 3.05) is 12.4 Å². The van der Waals surface area contributed by atoms with Crippen LogP contribution in [0.2, 0.25) is 0 Å². The lowest BCUT2D eigenvalue weighted by Crippen LogP contribution is -2.61. The molecule has 1 aromatic rings. The van der Waals surface area contributed by atoms with Gasteiger partial charge in [-0.3, -0.25) is 4.90 Å². The van der Waals surface area contributed by atoms with Gasteiger partial charge in [0, 0.05) is 22.8 Å². The number of piperidine rings is 1. The average molecular weight is 246 g/mol. The predicted molar refractivity (Wildman–Crippen MR) is 79.0 cm³/mol. The van der Waals surface area contributed by atoms with E-state index in [1.807, 2.05) is 0 Å². The first kappa shape index (κ1) is 13.4. The van der Waals surface area contributed by atoms with Gasteiger partial charge in [-0.15, -0.1) is 0 Å². The molecule has 1 N–H and O–H groups in total. The van der Waals surface area contributed by atoms with Crippen molar-refractivity contribution < 1.29 is 0 Å². The second kappa shape index (κ2) is 4.58. The highest BCUT2D eigenvalue weighted by Gasteiger charge is 2.42. The van der Waals surface area contributed by atoms with E-state index in [4.69, 9.17) is 0 Å². The fraction of sp³-hybridized carbons (Fsp3) is 0.625. The van der Waals surface area contributed by atoms with Crippen LogP contribution < -0.4 is 5.32 Å². The zero-order valence-corrected chi connectivity index (χ0v) is 12.3. The zero-order valence-electron chi connectivity index (χ0n) is 12.3. The summed E-state index contributed by atoms with van der Waals surface area (Å²) in [5.41, 5.74) is 1.72. The molecule has 2 rings (SSSR count). The monoisotopic (exact) mass is 246 g/mol. The molecule has 0 saturated carbocycles. The summed E-state index contributed by atoms with van der Waals surface area (Å²) < 4.78 is 0. The van der Waals surface area contributed by atoms with Crippen LogP contribution in [-0.4, -0.2) is 29.1 Å². The lowest BCUT2D eigenvalue weighted by Gasteiger charge is -2.53. The standard InChI is InChI=1S/C16H26N2/c1-15(2)11-14(12-16(3,4)18(15)5)17-13-9-7-6-8-10-13/h6-10,14,17H,11-12H2,1-5H3. The SMILES string of the molecule is CN1C(C)(C)CC(Nc2ccccc2)CC1(C)C. The van der Waals surface area contributed by atoms with Gasteiger partial charge >= 0.3 is 0 Å². The summed E-state index contributed by atoms with van der Waals surface area (Å²) in [7, 11) is 2.25. The summed E-state index contributed by atoms with van der Waals surface area (Å²) in [5.74, 6) is 0. The van der Waals surface area contributed by atoms with E-state index in [0.29, 0.717) is 6.04 Å². The molecule has 1 aromatic carbocycles. The van der Waals surface area contributed by atoms with Crippen LogP contribution in [-0.2, 0) is 0 Å². The fourth-order valence-electron chi connectivity index (χ4n) is 3.24. The summed E-state index contributed by atoms with van der Waals surface area (Å²) in [6, 6.07) is 11.1. The Morgan fingerprint density at radius 3 is 2.00 bits per heavy atom. The Hall–Kier alpha value is -1.02. The van der Waals surface area contributed by atoms with Crippen molar-refractivity contribution in [1.82, 2.24) is 4.90 Å². The van der Waals surface area contributed by atoms with Gasteiger partial charge in [0.2, 0.25) is 0 Å². The van der Waals surface area contributed by atoms with Gasteiger partial charge in [0.05, 0.1) is 0 Å². The van der Waals surface area contributed by atoms with E-state index in [1.165, 1.54) is 18.5 Å². The number of nitrogens with one attached hydrogen (secondary N) is 1. The molecule has 0 radical (unpaired) electrons. The van der Waals surface area contributed by atoms with Crippen molar-refractivity contribution >= 4 is 5.69 Å². The maximum atomic E-state index is 3.69. The van der Waals surface area contributed by atoms with Crippen LogP contribution in [0.4, 0.5) is 5.69 Å². The minimum atomic E-state index is 0.244. The smallest absolute Gasteiger partial charge is 0.0342 e. The third-order valence-corrected chi connectivity index (χ3v) is 4.45. The molecule has 0 aromatic heterocycles. The van der Waals surface area contributed by atoms with Gasteiger partial charge in [-0.2, -0.15) is 0 Å². The van der Waals surface area contributed by atoms with Crippen molar-refractivity contribution in [1.29, 1.82) is 0 Å². The molecule has 1 aliphatic rings. The molecule has 0 aliphatic carbocycles. The van der Waals surface area contributed by atoms with E-state index in [0.717, 1.165) is 0 Å². The molecule has 0 atom stereocenters. The van der Waals surface area contributed by atoms with E-state index < -0.39 is 0 Å². The molecular weight excluding hydrogens is 220 g/mol. The highest BCUT2D eigenvalue weighted by molar-refractivity contribution is 5.43. The summed E-state index contributed by atoms with van der Waals surface area (Å²) in [6.45, 7) is 9.36. The molecule has 100 valence electrons. The Bertz CT molecular complexity index is 377. The molecule has 18 heavy (non-hydrogen) atoms. The van der Waals surface area contributed by atoms with E-state index in [2.05, 4.69) is 75.3 Å². The van der Waals surface area contributed by atoms with Gasteiger partial charge in [-0.1, -0.05) is 18.2 Å². The third kappa shape index (κ3) is 2.69. The number of hydrogen-bond donors (Lipinski definition) is 1. The van der Waals surface area contributed by atoms with E-state index in [9.17, 15) is 0 Å². The van der Waals surface area contributed by atoms with E-state index >= 15 is 0 Å². The van der Waals surface area contributed by atoms with Crippen LogP contribution in [0.15, 0.2) is 30.3 Å². The Morgan fingerprint density at radius 2 is 1.50 bits per heavy atom. The molecule has 2 nitrogen and oxygen atoms in total. The largest absolute Gasteiger partial charge is 0.382 e. The molecule has 1 heterocycles. The molecular formula is C16H26N2. The fourth-order valence-corrected chi connectivity index (χ4v) is 3.24. The van der Waals surface area contributed by atoms with Crippen LogP contribution in [0.5, 0.6) is 0 Å². The minimum Gasteiger partial charge on any atom is -0.382 e. The van der Waals surface area contributed by atoms with Gasteiger partial charge in [0.1, 0.15) is 0 Å². The van der Waals surface area contributed by atoms with Crippen molar-refractivity contribution in [3.8, 4) is 0 Å². The van der Waals surface area contributed by atoms with Gasteiger partial charge in [-0.05, 0) is 59.7 Å². The molecule has 1 fully saturated rings. The van der Waals surface area contributed by atoms with Crippen molar-refractivity contribution in [3.05, 3.63) is 30.3 Å². The highest BCUT2D eigenvalue weighted by atomic mass is 15.2. The molecule has 0 spiro atoms. The molecule has 2 heteroatoms. The van der Waals surface area contributed by atoms with E-state index in [-0.39, 0.29) is 11.1 Å². The summed E-state index contributed by atoms with van der Waals surface area (Å²) in [5, 5.41) is 3.69. The van der Waals surface area contributed by atoms with Crippen molar-refractivity contribution in [2.24, 2.45) is 0 Å². The quantitative estimate of drug-likeness (QED) is 0.855. The van der Waals surface area contributed by atoms with E-state index in [1.54, 1.807) is 0 Å². The lowest BCUT2D eigenvalue weighted by molar-refractivity contribution is -0.00767. The highest BCUT2D eigenvalue weighted by Crippen LogP contribution is 2.37. The summed E-state index contributed by atoms with van der Waals surface area (Å²) >= 11 is 0. The summed E-state index contributed by atoms with van der Waals surface area (Å²) in [4.78, 5) is 2.52. The first-order chi connectivity index (χ1) is 8.31. The molecule has 1 aliphatic heterocycles.